The van der Waals surface area contributed by atoms with Crippen molar-refractivity contribution >= 4 is 40.0 Å². The Kier molecular flexibility index (Phi) is 15.9. The number of carbonyl (C=O) groups is 5. The van der Waals surface area contributed by atoms with Gasteiger partial charge < -0.3 is 30.2 Å². The first kappa shape index (κ1) is 41.7. The molecule has 2 aromatic rings. The van der Waals surface area contributed by atoms with Crippen LogP contribution in [0.3, 0.4) is 0 Å². The third-order valence-electron chi connectivity index (χ3n) is 8.23. The van der Waals surface area contributed by atoms with Crippen molar-refractivity contribution in [2.24, 2.45) is 0 Å². The molecule has 286 valence electrons. The number of nitrogens with one attached hydrogen (secondary N) is 3. The summed E-state index contributed by atoms with van der Waals surface area (Å²) in [5.41, 5.74) is 0.0456. The smallest absolute Gasteiger partial charge is 0.410 e. The summed E-state index contributed by atoms with van der Waals surface area (Å²) in [6.07, 6.45) is 0.551. The number of sulfonamides is 1. The Labute approximate surface area is 305 Å². The zero-order valence-corrected chi connectivity index (χ0v) is 31.3. The predicted octanol–water partition coefficient (Wildman–Crippen LogP) is 3.34. The molecule has 1 aliphatic heterocycles. The minimum absolute atomic E-state index is 0.0606. The summed E-state index contributed by atoms with van der Waals surface area (Å²) in [4.78, 5) is 65.8. The fraction of sp³-hybridized carbons (Fsp3) is 0.528. The van der Waals surface area contributed by atoms with Crippen LogP contribution in [0.5, 0.6) is 0 Å². The Hall–Kier alpha value is -4.70. The molecule has 4 amide bonds. The van der Waals surface area contributed by atoms with Crippen molar-refractivity contribution in [1.82, 2.24) is 25.2 Å². The molecule has 15 nitrogen and oxygen atoms in total. The Morgan fingerprint density at radius 3 is 2.21 bits per heavy atom. The number of likely N-dealkylation sites (N-methyl/N-ethyl adjacent to an activating group) is 1. The maximum atomic E-state index is 13.5. The predicted molar refractivity (Wildman–Crippen MR) is 191 cm³/mol. The van der Waals surface area contributed by atoms with E-state index in [0.29, 0.717) is 19.3 Å². The van der Waals surface area contributed by atoms with Gasteiger partial charge in [0, 0.05) is 26.7 Å². The molecule has 3 atom stereocenters. The van der Waals surface area contributed by atoms with Crippen LogP contribution < -0.4 is 16.0 Å². The van der Waals surface area contributed by atoms with Gasteiger partial charge in [0.25, 0.3) is 0 Å². The van der Waals surface area contributed by atoms with Gasteiger partial charge in [-0.1, -0.05) is 48.5 Å². The minimum Gasteiger partial charge on any atom is -0.467 e. The highest BCUT2D eigenvalue weighted by Crippen LogP contribution is 2.26. The summed E-state index contributed by atoms with van der Waals surface area (Å²) in [6, 6.07) is 13.9. The van der Waals surface area contributed by atoms with E-state index in [0.717, 1.165) is 17.0 Å². The first-order chi connectivity index (χ1) is 24.6. The van der Waals surface area contributed by atoms with Gasteiger partial charge in [-0.05, 0) is 77.0 Å². The van der Waals surface area contributed by atoms with Gasteiger partial charge in [-0.25, -0.2) is 22.8 Å². The Morgan fingerprint density at radius 2 is 1.58 bits per heavy atom. The van der Waals surface area contributed by atoms with Crippen molar-refractivity contribution in [2.45, 2.75) is 94.5 Å². The molecule has 0 aromatic heterocycles. The lowest BCUT2D eigenvalue weighted by Gasteiger charge is -2.30. The van der Waals surface area contributed by atoms with Crippen LogP contribution in [0.2, 0.25) is 0 Å². The number of esters is 1. The van der Waals surface area contributed by atoms with E-state index >= 15 is 0 Å². The monoisotopic (exact) mass is 745 g/mol. The van der Waals surface area contributed by atoms with Crippen molar-refractivity contribution in [2.75, 3.05) is 33.8 Å². The van der Waals surface area contributed by atoms with E-state index in [4.69, 9.17) is 14.2 Å². The summed E-state index contributed by atoms with van der Waals surface area (Å²) in [5, 5.41) is 8.02. The van der Waals surface area contributed by atoms with E-state index < -0.39 is 63.7 Å². The quantitative estimate of drug-likeness (QED) is 0.123. The van der Waals surface area contributed by atoms with Crippen LogP contribution in [0.1, 0.15) is 64.9 Å². The fourth-order valence-corrected chi connectivity index (χ4v) is 7.20. The topological polar surface area (TPSA) is 190 Å². The van der Waals surface area contributed by atoms with Gasteiger partial charge in [0.15, 0.2) is 0 Å². The Bertz CT molecular complexity index is 1600. The van der Waals surface area contributed by atoms with Crippen LogP contribution in [-0.4, -0.2) is 105 Å². The molecule has 3 N–H and O–H groups in total. The molecule has 0 bridgehead atoms. The highest BCUT2D eigenvalue weighted by atomic mass is 32.2. The third-order valence-corrected chi connectivity index (χ3v) is 10.2. The first-order valence-electron chi connectivity index (χ1n) is 17.3. The molecule has 2 aromatic carbocycles. The van der Waals surface area contributed by atoms with Crippen LogP contribution in [-0.2, 0) is 45.2 Å². The molecular formula is C36H51N5O10S. The molecule has 0 radical (unpaired) electrons. The Balaban J connectivity index is 1.57. The number of methoxy groups -OCH3 is 1. The third kappa shape index (κ3) is 12.8. The molecule has 1 saturated heterocycles. The molecule has 1 fully saturated rings. The first-order valence-corrected chi connectivity index (χ1v) is 18.7. The lowest BCUT2D eigenvalue weighted by atomic mass is 10.1. The molecule has 1 heterocycles. The molecule has 0 spiro atoms. The summed E-state index contributed by atoms with van der Waals surface area (Å²) < 4.78 is 43.3. The molecule has 1 aliphatic rings. The number of unbranched alkanes of at least 4 members (excludes halogenated alkanes) is 1. The number of hydrogen-bond donors (Lipinski definition) is 3. The van der Waals surface area contributed by atoms with E-state index in [1.807, 2.05) is 30.3 Å². The van der Waals surface area contributed by atoms with Gasteiger partial charge >= 0.3 is 18.2 Å². The number of alkyl carbamates (subject to hydrolysis) is 1. The Morgan fingerprint density at radius 1 is 0.923 bits per heavy atom. The number of amides is 4. The van der Waals surface area contributed by atoms with E-state index in [-0.39, 0.29) is 50.4 Å². The van der Waals surface area contributed by atoms with Crippen LogP contribution in [0, 0.1) is 0 Å². The maximum absolute atomic E-state index is 13.5. The number of nitrogens with zero attached hydrogens (tertiary/aromatic N) is 2. The van der Waals surface area contributed by atoms with Gasteiger partial charge in [0.05, 0.1) is 12.0 Å². The number of carbonyl (C=O) groups excluding carboxylic acids is 5. The summed E-state index contributed by atoms with van der Waals surface area (Å²) in [6.45, 7) is 5.60. The lowest BCUT2D eigenvalue weighted by Crippen LogP contribution is -2.52. The zero-order chi connectivity index (χ0) is 38.3. The molecule has 16 heteroatoms. The highest BCUT2D eigenvalue weighted by Gasteiger charge is 2.40. The van der Waals surface area contributed by atoms with Crippen LogP contribution in [0.15, 0.2) is 65.6 Å². The molecule has 3 rings (SSSR count). The van der Waals surface area contributed by atoms with Gasteiger partial charge in [-0.2, -0.15) is 4.31 Å². The molecule has 52 heavy (non-hydrogen) atoms. The van der Waals surface area contributed by atoms with E-state index in [1.165, 1.54) is 24.1 Å². The molecular weight excluding hydrogens is 694 g/mol. The second-order valence-electron chi connectivity index (χ2n) is 13.3. The number of hydrogen-bond acceptors (Lipinski definition) is 10. The lowest BCUT2D eigenvalue weighted by molar-refractivity contribution is -0.145. The number of rotatable bonds is 17. The molecule has 0 aliphatic carbocycles. The average Bonchev–Trinajstić information content (AvgIpc) is 3.63. The van der Waals surface area contributed by atoms with Crippen LogP contribution >= 0.6 is 0 Å². The second-order valence-corrected chi connectivity index (χ2v) is 15.2. The summed E-state index contributed by atoms with van der Waals surface area (Å²) >= 11 is 0. The zero-order valence-electron chi connectivity index (χ0n) is 30.5. The van der Waals surface area contributed by atoms with Gasteiger partial charge in [0.2, 0.25) is 21.8 Å². The second kappa shape index (κ2) is 19.8. The SMILES string of the molecule is COC(=O)[C@H](CCNC(=O)[C@H](CCCCNC(=O)OCc1ccccc1)N(C)C(=O)OC(C)(C)C)NC(=O)[C@@H]1CCCN1S(=O)(=O)c1ccccc1. The van der Waals surface area contributed by atoms with E-state index in [2.05, 4.69) is 16.0 Å². The standard InChI is InChI=1S/C36H51N5O10S/c1-36(2,3)51-35(46)40(4)29(19-12-13-22-38-34(45)50-25-26-15-8-6-9-16-26)31(42)37-23-21-28(33(44)49-5)39-32(43)30-20-14-24-41(30)52(47,48)27-17-10-7-11-18-27/h6-11,15-18,28-30H,12-14,19-25H2,1-5H3,(H,37,42)(H,38,45)(H,39,43)/t28-,29-,30-/m0/s1. The van der Waals surface area contributed by atoms with E-state index in [9.17, 15) is 32.4 Å². The van der Waals surface area contributed by atoms with Crippen molar-refractivity contribution in [3.63, 3.8) is 0 Å². The number of ether oxygens (including phenoxy) is 3. The van der Waals surface area contributed by atoms with Crippen molar-refractivity contribution in [3.8, 4) is 0 Å². The minimum atomic E-state index is -3.96. The maximum Gasteiger partial charge on any atom is 0.410 e. The van der Waals surface area contributed by atoms with E-state index in [1.54, 1.807) is 39.0 Å². The average molecular weight is 746 g/mol. The van der Waals surface area contributed by atoms with Crippen molar-refractivity contribution < 1.29 is 46.6 Å². The van der Waals surface area contributed by atoms with Crippen LogP contribution in [0.4, 0.5) is 9.59 Å². The summed E-state index contributed by atoms with van der Waals surface area (Å²) in [7, 11) is -1.35. The fourth-order valence-electron chi connectivity index (χ4n) is 5.52. The van der Waals surface area contributed by atoms with Gasteiger partial charge in [-0.15, -0.1) is 0 Å². The van der Waals surface area contributed by atoms with Crippen molar-refractivity contribution in [1.29, 1.82) is 0 Å². The van der Waals surface area contributed by atoms with Gasteiger partial charge in [0.1, 0.15) is 30.3 Å². The number of benzene rings is 2. The van der Waals surface area contributed by atoms with Crippen molar-refractivity contribution in [3.05, 3.63) is 66.2 Å². The van der Waals surface area contributed by atoms with Crippen LogP contribution in [0.25, 0.3) is 0 Å². The molecule has 0 saturated carbocycles. The largest absolute Gasteiger partial charge is 0.467 e. The van der Waals surface area contributed by atoms with Gasteiger partial charge in [-0.3, -0.25) is 14.5 Å². The highest BCUT2D eigenvalue weighted by molar-refractivity contribution is 7.89. The summed E-state index contributed by atoms with van der Waals surface area (Å²) in [5.74, 6) is -1.94. The molecule has 0 unspecified atom stereocenters. The normalized spacial score (nSPS) is 15.8.